The van der Waals surface area contributed by atoms with Crippen LogP contribution in [0.4, 0.5) is 17.1 Å². The topological polar surface area (TPSA) is 12.5 Å². The number of fused-ring (bicyclic) bond motifs is 9. The first-order chi connectivity index (χ1) is 28.5. The molecular weight excluding hydrogens is 715 g/mol. The molecule has 1 aliphatic heterocycles. The zero-order chi connectivity index (χ0) is 40.5. The van der Waals surface area contributed by atoms with Gasteiger partial charge < -0.3 is 9.64 Å². The molecule has 0 saturated heterocycles. The van der Waals surface area contributed by atoms with E-state index in [0.717, 1.165) is 28.6 Å². The molecule has 1 aliphatic carbocycles. The van der Waals surface area contributed by atoms with E-state index in [-0.39, 0.29) is 10.8 Å². The Morgan fingerprint density at radius 2 is 0.864 bits per heavy atom. The minimum absolute atomic E-state index is 0.0531. The lowest BCUT2D eigenvalue weighted by atomic mass is 9.64. The van der Waals surface area contributed by atoms with Gasteiger partial charge in [0.05, 0.1) is 16.8 Å². The molecule has 0 saturated carbocycles. The zero-order valence-corrected chi connectivity index (χ0v) is 34.8. The van der Waals surface area contributed by atoms with Crippen molar-refractivity contribution >= 4 is 17.1 Å². The maximum atomic E-state index is 6.93. The van der Waals surface area contributed by atoms with E-state index in [1.165, 1.54) is 66.8 Å². The molecule has 59 heavy (non-hydrogen) atoms. The number of nitrogens with zero attached hydrogens (tertiary/aromatic N) is 1. The fourth-order valence-corrected chi connectivity index (χ4v) is 9.57. The standard InChI is InChI=1S/C57H49NO/c1-55(2,3)39-32-34-52-48(36-39)57(49-37-40(56(4,5)6)33-35-53(49)59-52)46-28-16-13-26-45(46)54-44(27-19-29-47(54)57)43-25-15-18-31-51(43)58(41-22-11-8-12-23-41)50-30-17-14-24-42(50)38-20-9-7-10-21-38/h7-37H,1-6H3. The van der Waals surface area contributed by atoms with E-state index in [2.05, 4.69) is 234 Å². The maximum absolute atomic E-state index is 6.93. The molecule has 0 atom stereocenters. The molecule has 1 spiro atoms. The van der Waals surface area contributed by atoms with Crippen LogP contribution in [0.1, 0.15) is 74.9 Å². The quantitative estimate of drug-likeness (QED) is 0.173. The third kappa shape index (κ3) is 5.84. The van der Waals surface area contributed by atoms with Gasteiger partial charge in [-0.2, -0.15) is 0 Å². The van der Waals surface area contributed by atoms with Crippen molar-refractivity contribution in [1.29, 1.82) is 0 Å². The average Bonchev–Trinajstić information content (AvgIpc) is 3.55. The van der Waals surface area contributed by atoms with Crippen LogP contribution in [-0.2, 0) is 16.2 Å². The van der Waals surface area contributed by atoms with E-state index in [1.54, 1.807) is 0 Å². The molecule has 0 unspecified atom stereocenters. The maximum Gasteiger partial charge on any atom is 0.132 e. The average molecular weight is 764 g/mol. The Kier molecular flexibility index (Phi) is 8.54. The van der Waals surface area contributed by atoms with Gasteiger partial charge in [0.1, 0.15) is 11.5 Å². The molecule has 8 aromatic rings. The molecule has 0 amide bonds. The molecule has 0 radical (unpaired) electrons. The van der Waals surface area contributed by atoms with Crippen LogP contribution in [0.15, 0.2) is 188 Å². The summed E-state index contributed by atoms with van der Waals surface area (Å²) in [5.74, 6) is 1.82. The first-order valence-electron chi connectivity index (χ1n) is 20.9. The van der Waals surface area contributed by atoms with Gasteiger partial charge in [0, 0.05) is 27.9 Å². The fourth-order valence-electron chi connectivity index (χ4n) is 9.57. The largest absolute Gasteiger partial charge is 0.457 e. The van der Waals surface area contributed by atoms with Crippen molar-refractivity contribution in [1.82, 2.24) is 0 Å². The summed E-state index contributed by atoms with van der Waals surface area (Å²) < 4.78 is 6.93. The second-order valence-electron chi connectivity index (χ2n) is 18.1. The predicted molar refractivity (Wildman–Crippen MR) is 247 cm³/mol. The highest BCUT2D eigenvalue weighted by Gasteiger charge is 2.52. The molecule has 2 nitrogen and oxygen atoms in total. The Hall–Kier alpha value is -6.64. The molecule has 288 valence electrons. The van der Waals surface area contributed by atoms with Crippen LogP contribution in [0.25, 0.3) is 33.4 Å². The predicted octanol–water partition coefficient (Wildman–Crippen LogP) is 15.6. The molecule has 8 aromatic carbocycles. The van der Waals surface area contributed by atoms with Crippen LogP contribution in [0, 0.1) is 0 Å². The van der Waals surface area contributed by atoms with Gasteiger partial charge >= 0.3 is 0 Å². The normalized spacial score (nSPS) is 13.5. The fraction of sp³-hybridized carbons (Fsp3) is 0.158. The van der Waals surface area contributed by atoms with E-state index in [0.29, 0.717) is 0 Å². The van der Waals surface area contributed by atoms with Crippen LogP contribution in [0.3, 0.4) is 0 Å². The summed E-state index contributed by atoms with van der Waals surface area (Å²) in [6, 6.07) is 69.2. The van der Waals surface area contributed by atoms with Crippen molar-refractivity contribution in [2.45, 2.75) is 57.8 Å². The van der Waals surface area contributed by atoms with Crippen molar-refractivity contribution in [2.24, 2.45) is 0 Å². The summed E-state index contributed by atoms with van der Waals surface area (Å²) in [6.45, 7) is 13.8. The van der Waals surface area contributed by atoms with Crippen molar-refractivity contribution in [2.75, 3.05) is 4.90 Å². The van der Waals surface area contributed by atoms with Crippen LogP contribution in [0.5, 0.6) is 11.5 Å². The van der Waals surface area contributed by atoms with E-state index < -0.39 is 5.41 Å². The highest BCUT2D eigenvalue weighted by molar-refractivity contribution is 6.01. The van der Waals surface area contributed by atoms with Crippen molar-refractivity contribution in [3.05, 3.63) is 221 Å². The van der Waals surface area contributed by atoms with Gasteiger partial charge in [-0.25, -0.2) is 0 Å². The minimum atomic E-state index is -0.610. The van der Waals surface area contributed by atoms with E-state index in [1.807, 2.05) is 0 Å². The zero-order valence-electron chi connectivity index (χ0n) is 34.8. The number of anilines is 3. The van der Waals surface area contributed by atoms with Gasteiger partial charge in [-0.1, -0.05) is 181 Å². The molecule has 2 heteroatoms. The molecule has 1 heterocycles. The van der Waals surface area contributed by atoms with Gasteiger partial charge in [0.15, 0.2) is 0 Å². The SMILES string of the molecule is CC(C)(C)c1ccc2c(c1)C1(c3cc(C(C)(C)C)ccc3O2)c2ccccc2-c2c(-c3ccccc3N(c3ccccc3)c3ccccc3-c3ccccc3)cccc21. The number of para-hydroxylation sites is 3. The van der Waals surface area contributed by atoms with Crippen molar-refractivity contribution < 1.29 is 4.74 Å². The van der Waals surface area contributed by atoms with Crippen molar-refractivity contribution in [3.63, 3.8) is 0 Å². The lowest BCUT2D eigenvalue weighted by Gasteiger charge is -2.41. The van der Waals surface area contributed by atoms with Gasteiger partial charge in [-0.05, 0) is 104 Å². The summed E-state index contributed by atoms with van der Waals surface area (Å²) in [4.78, 5) is 2.44. The summed E-state index contributed by atoms with van der Waals surface area (Å²) >= 11 is 0. The first-order valence-corrected chi connectivity index (χ1v) is 20.9. The van der Waals surface area contributed by atoms with E-state index in [4.69, 9.17) is 4.74 Å². The Balaban J connectivity index is 1.29. The molecule has 10 rings (SSSR count). The Bertz CT molecular complexity index is 2810. The van der Waals surface area contributed by atoms with Gasteiger partial charge in [0.25, 0.3) is 0 Å². The van der Waals surface area contributed by atoms with Gasteiger partial charge in [-0.15, -0.1) is 0 Å². The lowest BCUT2D eigenvalue weighted by molar-refractivity contribution is 0.433. The Labute approximate surface area is 349 Å². The minimum Gasteiger partial charge on any atom is -0.457 e. The molecule has 2 aliphatic rings. The summed E-state index contributed by atoms with van der Waals surface area (Å²) in [7, 11) is 0. The third-order valence-electron chi connectivity index (χ3n) is 12.5. The Morgan fingerprint density at radius 3 is 1.47 bits per heavy atom. The molecule has 0 N–H and O–H groups in total. The Morgan fingerprint density at radius 1 is 0.390 bits per heavy atom. The number of hydrogen-bond donors (Lipinski definition) is 0. The summed E-state index contributed by atoms with van der Waals surface area (Å²) in [5.41, 5.74) is 17.4. The van der Waals surface area contributed by atoms with E-state index >= 15 is 0 Å². The number of ether oxygens (including phenoxy) is 1. The van der Waals surface area contributed by atoms with Gasteiger partial charge in [-0.3, -0.25) is 0 Å². The summed E-state index contributed by atoms with van der Waals surface area (Å²) in [5, 5.41) is 0. The molecule has 0 bridgehead atoms. The second kappa shape index (κ2) is 13.7. The third-order valence-corrected chi connectivity index (χ3v) is 12.5. The summed E-state index contributed by atoms with van der Waals surface area (Å²) in [6.07, 6.45) is 0. The van der Waals surface area contributed by atoms with Crippen LogP contribution >= 0.6 is 0 Å². The second-order valence-corrected chi connectivity index (χ2v) is 18.1. The number of hydrogen-bond acceptors (Lipinski definition) is 2. The number of benzene rings is 8. The van der Waals surface area contributed by atoms with E-state index in [9.17, 15) is 0 Å². The number of rotatable bonds is 5. The molecular formula is C57H49NO. The highest BCUT2D eigenvalue weighted by atomic mass is 16.5. The lowest BCUT2D eigenvalue weighted by Crippen LogP contribution is -2.33. The van der Waals surface area contributed by atoms with Crippen LogP contribution < -0.4 is 9.64 Å². The van der Waals surface area contributed by atoms with Crippen LogP contribution in [0.2, 0.25) is 0 Å². The first kappa shape index (κ1) is 36.7. The highest BCUT2D eigenvalue weighted by Crippen LogP contribution is 2.64. The van der Waals surface area contributed by atoms with Crippen LogP contribution in [-0.4, -0.2) is 0 Å². The van der Waals surface area contributed by atoms with Gasteiger partial charge in [0.2, 0.25) is 0 Å². The smallest absolute Gasteiger partial charge is 0.132 e. The van der Waals surface area contributed by atoms with Crippen molar-refractivity contribution in [3.8, 4) is 44.9 Å². The molecule has 0 aromatic heterocycles. The molecule has 0 fully saturated rings. The monoisotopic (exact) mass is 763 g/mol.